The van der Waals surface area contributed by atoms with Gasteiger partial charge in [-0.1, -0.05) is 0 Å². The third kappa shape index (κ3) is 5.42. The monoisotopic (exact) mass is 359 g/mol. The summed E-state index contributed by atoms with van der Waals surface area (Å²) in [7, 11) is -3.48. The van der Waals surface area contributed by atoms with E-state index in [9.17, 15) is 13.5 Å². The highest BCUT2D eigenvalue weighted by Crippen LogP contribution is 2.20. The number of nitrogens with zero attached hydrogens (tertiary/aromatic N) is 1. The number of benzene rings is 1. The molecule has 1 fully saturated rings. The maximum Gasteiger partial charge on any atom is 0.243 e. The third-order valence-electron chi connectivity index (χ3n) is 3.75. The molecule has 0 radical (unpaired) electrons. The van der Waals surface area contributed by atoms with Gasteiger partial charge in [0.15, 0.2) is 0 Å². The fourth-order valence-corrected chi connectivity index (χ4v) is 3.74. The SMILES string of the molecule is CC(C)[NH2+]C[C@@H](O)COc1ccc(S(=O)(=O)N2CCOCC2)cc1. The number of hydrogen-bond donors (Lipinski definition) is 2. The smallest absolute Gasteiger partial charge is 0.243 e. The minimum Gasteiger partial charge on any atom is -0.491 e. The first kappa shape index (κ1) is 19.1. The van der Waals surface area contributed by atoms with E-state index in [2.05, 4.69) is 13.8 Å². The molecular formula is C16H27N2O5S+. The fraction of sp³-hybridized carbons (Fsp3) is 0.625. The Balaban J connectivity index is 1.90. The van der Waals surface area contributed by atoms with Crippen molar-refractivity contribution in [1.82, 2.24) is 4.31 Å². The van der Waals surface area contributed by atoms with E-state index < -0.39 is 16.1 Å². The summed E-state index contributed by atoms with van der Waals surface area (Å²) in [6.45, 7) is 6.46. The molecule has 1 aromatic carbocycles. The van der Waals surface area contributed by atoms with Crippen LogP contribution < -0.4 is 10.1 Å². The van der Waals surface area contributed by atoms with Crippen LogP contribution in [0.3, 0.4) is 0 Å². The van der Waals surface area contributed by atoms with E-state index in [1.165, 1.54) is 16.4 Å². The zero-order valence-electron chi connectivity index (χ0n) is 14.2. The molecule has 1 saturated heterocycles. The van der Waals surface area contributed by atoms with Gasteiger partial charge in [0.1, 0.15) is 25.0 Å². The van der Waals surface area contributed by atoms with Crippen LogP contribution in [-0.4, -0.2) is 69.4 Å². The van der Waals surface area contributed by atoms with Gasteiger partial charge in [0.2, 0.25) is 10.0 Å². The molecule has 1 aliphatic rings. The lowest BCUT2D eigenvalue weighted by molar-refractivity contribution is -0.688. The normalized spacial score (nSPS) is 17.8. The van der Waals surface area contributed by atoms with Crippen molar-refractivity contribution in [3.05, 3.63) is 24.3 Å². The number of rotatable bonds is 8. The summed E-state index contributed by atoms with van der Waals surface area (Å²) < 4.78 is 37.1. The molecule has 7 nitrogen and oxygen atoms in total. The number of quaternary nitrogens is 1. The van der Waals surface area contributed by atoms with Crippen molar-refractivity contribution in [2.75, 3.05) is 39.5 Å². The van der Waals surface area contributed by atoms with Gasteiger partial charge in [-0.25, -0.2) is 8.42 Å². The Kier molecular flexibility index (Phi) is 7.00. The molecular weight excluding hydrogens is 332 g/mol. The van der Waals surface area contributed by atoms with E-state index >= 15 is 0 Å². The molecule has 24 heavy (non-hydrogen) atoms. The van der Waals surface area contributed by atoms with Crippen molar-refractivity contribution in [3.63, 3.8) is 0 Å². The van der Waals surface area contributed by atoms with Crippen LogP contribution in [0.2, 0.25) is 0 Å². The maximum atomic E-state index is 12.5. The van der Waals surface area contributed by atoms with Crippen molar-refractivity contribution < 1.29 is 28.3 Å². The molecule has 1 heterocycles. The number of ether oxygens (including phenoxy) is 2. The van der Waals surface area contributed by atoms with Crippen LogP contribution in [0.15, 0.2) is 29.2 Å². The van der Waals surface area contributed by atoms with Crippen molar-refractivity contribution in [3.8, 4) is 5.75 Å². The topological polar surface area (TPSA) is 92.7 Å². The first-order valence-corrected chi connectivity index (χ1v) is 9.66. The predicted molar refractivity (Wildman–Crippen MR) is 89.5 cm³/mol. The molecule has 3 N–H and O–H groups in total. The summed E-state index contributed by atoms with van der Waals surface area (Å²) >= 11 is 0. The fourth-order valence-electron chi connectivity index (χ4n) is 2.33. The molecule has 0 aliphatic carbocycles. The van der Waals surface area contributed by atoms with E-state index in [-0.39, 0.29) is 11.5 Å². The second-order valence-corrected chi connectivity index (χ2v) is 8.11. The van der Waals surface area contributed by atoms with E-state index in [1.54, 1.807) is 12.1 Å². The van der Waals surface area contributed by atoms with Crippen molar-refractivity contribution in [2.45, 2.75) is 30.9 Å². The zero-order chi connectivity index (χ0) is 17.6. The molecule has 0 bridgehead atoms. The molecule has 0 aromatic heterocycles. The Morgan fingerprint density at radius 1 is 1.25 bits per heavy atom. The molecule has 0 unspecified atom stereocenters. The van der Waals surface area contributed by atoms with Gasteiger partial charge in [-0.05, 0) is 38.1 Å². The summed E-state index contributed by atoms with van der Waals surface area (Å²) in [6, 6.07) is 6.72. The number of aliphatic hydroxyl groups excluding tert-OH is 1. The number of nitrogens with two attached hydrogens (primary N) is 1. The molecule has 1 atom stereocenters. The lowest BCUT2D eigenvalue weighted by atomic mass is 10.3. The Hall–Kier alpha value is -1.19. The van der Waals surface area contributed by atoms with Gasteiger partial charge < -0.3 is 19.9 Å². The Morgan fingerprint density at radius 3 is 2.46 bits per heavy atom. The van der Waals surface area contributed by atoms with Crippen LogP contribution >= 0.6 is 0 Å². The van der Waals surface area contributed by atoms with Crippen molar-refractivity contribution in [1.29, 1.82) is 0 Å². The quantitative estimate of drug-likeness (QED) is 0.648. The molecule has 1 aliphatic heterocycles. The van der Waals surface area contributed by atoms with Gasteiger partial charge in [0.25, 0.3) is 0 Å². The highest BCUT2D eigenvalue weighted by molar-refractivity contribution is 7.89. The van der Waals surface area contributed by atoms with Gasteiger partial charge in [-0.3, -0.25) is 0 Å². The molecule has 1 aromatic rings. The molecule has 0 amide bonds. The standard InChI is InChI=1S/C16H26N2O5S/c1-13(2)17-11-14(19)12-23-15-3-5-16(6-4-15)24(20,21)18-7-9-22-10-8-18/h3-6,13-14,17,19H,7-12H2,1-2H3/p+1/t14-/m1/s1. The van der Waals surface area contributed by atoms with Crippen LogP contribution in [-0.2, 0) is 14.8 Å². The van der Waals surface area contributed by atoms with Crippen LogP contribution in [0, 0.1) is 0 Å². The average molecular weight is 359 g/mol. The van der Waals surface area contributed by atoms with E-state index in [1.807, 2.05) is 5.32 Å². The number of aliphatic hydroxyl groups is 1. The highest BCUT2D eigenvalue weighted by atomic mass is 32.2. The van der Waals surface area contributed by atoms with Crippen LogP contribution in [0.1, 0.15) is 13.8 Å². The largest absolute Gasteiger partial charge is 0.491 e. The second-order valence-electron chi connectivity index (χ2n) is 6.17. The lowest BCUT2D eigenvalue weighted by Gasteiger charge is -2.26. The van der Waals surface area contributed by atoms with Crippen LogP contribution in [0.25, 0.3) is 0 Å². The first-order valence-electron chi connectivity index (χ1n) is 8.21. The van der Waals surface area contributed by atoms with E-state index in [0.29, 0.717) is 44.6 Å². The van der Waals surface area contributed by atoms with E-state index in [4.69, 9.17) is 9.47 Å². The summed E-state index contributed by atoms with van der Waals surface area (Å²) in [5, 5.41) is 11.9. The summed E-state index contributed by atoms with van der Waals surface area (Å²) in [6.07, 6.45) is -0.566. The molecule has 0 spiro atoms. The van der Waals surface area contributed by atoms with Gasteiger partial charge in [0, 0.05) is 13.1 Å². The molecule has 8 heteroatoms. The van der Waals surface area contributed by atoms with Gasteiger partial charge in [-0.15, -0.1) is 0 Å². The van der Waals surface area contributed by atoms with Gasteiger partial charge in [0.05, 0.1) is 24.2 Å². The van der Waals surface area contributed by atoms with Crippen molar-refractivity contribution >= 4 is 10.0 Å². The minimum absolute atomic E-state index is 0.179. The van der Waals surface area contributed by atoms with Crippen molar-refractivity contribution in [2.24, 2.45) is 0 Å². The number of hydrogen-bond acceptors (Lipinski definition) is 5. The van der Waals surface area contributed by atoms with Gasteiger partial charge >= 0.3 is 0 Å². The summed E-state index contributed by atoms with van der Waals surface area (Å²) in [5.41, 5.74) is 0. The van der Waals surface area contributed by atoms with Crippen LogP contribution in [0.5, 0.6) is 5.75 Å². The molecule has 0 saturated carbocycles. The van der Waals surface area contributed by atoms with Gasteiger partial charge in [-0.2, -0.15) is 4.31 Å². The third-order valence-corrected chi connectivity index (χ3v) is 5.67. The first-order chi connectivity index (χ1) is 11.4. The Bertz CT molecular complexity index is 597. The second kappa shape index (κ2) is 8.77. The number of sulfonamides is 1. The average Bonchev–Trinajstić information content (AvgIpc) is 2.59. The lowest BCUT2D eigenvalue weighted by Crippen LogP contribution is -2.90. The molecule has 2 rings (SSSR count). The predicted octanol–water partition coefficient (Wildman–Crippen LogP) is -0.581. The Morgan fingerprint density at radius 2 is 1.88 bits per heavy atom. The number of morpholine rings is 1. The summed E-state index contributed by atoms with van der Waals surface area (Å²) in [4.78, 5) is 0.241. The zero-order valence-corrected chi connectivity index (χ0v) is 15.0. The Labute approximate surface area is 143 Å². The van der Waals surface area contributed by atoms with E-state index in [0.717, 1.165) is 0 Å². The maximum absolute atomic E-state index is 12.5. The summed E-state index contributed by atoms with van der Waals surface area (Å²) in [5.74, 6) is 0.541. The van der Waals surface area contributed by atoms with Crippen LogP contribution in [0.4, 0.5) is 0 Å². The minimum atomic E-state index is -3.48. The molecule has 136 valence electrons. The highest BCUT2D eigenvalue weighted by Gasteiger charge is 2.26.